The summed E-state index contributed by atoms with van der Waals surface area (Å²) in [6.07, 6.45) is -14.3. The largest absolute Gasteiger partial charge is 0.426 e. The fourth-order valence-corrected chi connectivity index (χ4v) is 0.636. The Labute approximate surface area is 74.1 Å². The summed E-state index contributed by atoms with van der Waals surface area (Å²) in [5.74, 6) is 0. The molecule has 0 aliphatic rings. The van der Waals surface area contributed by atoms with Crippen molar-refractivity contribution in [1.29, 1.82) is 0 Å². The van der Waals surface area contributed by atoms with Crippen molar-refractivity contribution in [3.05, 3.63) is 11.7 Å². The van der Waals surface area contributed by atoms with E-state index in [0.717, 1.165) is 6.92 Å². The van der Waals surface area contributed by atoms with Gasteiger partial charge in [0.25, 0.3) is 6.08 Å². The van der Waals surface area contributed by atoms with Crippen molar-refractivity contribution in [1.82, 2.24) is 0 Å². The third-order valence-electron chi connectivity index (χ3n) is 1.09. The van der Waals surface area contributed by atoms with E-state index in [-0.39, 0.29) is 0 Å². The minimum Gasteiger partial charge on any atom is -0.317 e. The van der Waals surface area contributed by atoms with Crippen LogP contribution in [0.4, 0.5) is 30.7 Å². The van der Waals surface area contributed by atoms with Gasteiger partial charge in [0.05, 0.1) is 6.61 Å². The predicted molar refractivity (Wildman–Crippen MR) is 31.9 cm³/mol. The molecule has 0 rings (SSSR count). The first-order chi connectivity index (χ1) is 6.13. The molecule has 0 unspecified atom stereocenters. The quantitative estimate of drug-likeness (QED) is 0.670. The fourth-order valence-electron chi connectivity index (χ4n) is 0.636. The summed E-state index contributed by atoms with van der Waals surface area (Å²) in [7, 11) is 0. The first kappa shape index (κ1) is 13.2. The predicted octanol–water partition coefficient (Wildman–Crippen LogP) is 3.33. The lowest BCUT2D eigenvalue weighted by atomic mass is 10.2. The highest BCUT2D eigenvalue weighted by Gasteiger charge is 2.54. The molecule has 0 aromatic rings. The van der Waals surface area contributed by atoms with Gasteiger partial charge in [-0.05, 0) is 6.92 Å². The molecule has 0 saturated heterocycles. The molecule has 8 heteroatoms. The Morgan fingerprint density at radius 3 is 1.71 bits per heavy atom. The number of ether oxygens (including phenoxy) is 1. The van der Waals surface area contributed by atoms with Crippen LogP contribution >= 0.6 is 0 Å². The van der Waals surface area contributed by atoms with Gasteiger partial charge >= 0.3 is 12.3 Å². The summed E-state index contributed by atoms with van der Waals surface area (Å²) in [6.45, 7) is 0.137. The minimum absolute atomic E-state index is 0.820. The van der Waals surface area contributed by atoms with Crippen LogP contribution in [0.1, 0.15) is 6.92 Å². The SMILES string of the molecule is CCOC(F)(F)C(=C(F)F)C(F)(F)F. The molecular weight excluding hydrogens is 221 g/mol. The molecule has 0 amide bonds. The molecule has 0 bridgehead atoms. The molecule has 0 spiro atoms. The van der Waals surface area contributed by atoms with E-state index in [9.17, 15) is 30.7 Å². The molecular formula is C6H5F7O. The van der Waals surface area contributed by atoms with Crippen LogP contribution in [0.2, 0.25) is 0 Å². The van der Waals surface area contributed by atoms with E-state index in [4.69, 9.17) is 0 Å². The first-order valence-corrected chi connectivity index (χ1v) is 3.27. The third kappa shape index (κ3) is 3.17. The van der Waals surface area contributed by atoms with Gasteiger partial charge in [0.15, 0.2) is 5.57 Å². The van der Waals surface area contributed by atoms with Gasteiger partial charge in [0.2, 0.25) is 0 Å². The molecule has 84 valence electrons. The summed E-state index contributed by atoms with van der Waals surface area (Å²) in [6, 6.07) is 0. The van der Waals surface area contributed by atoms with Gasteiger partial charge in [0, 0.05) is 0 Å². The molecule has 0 heterocycles. The van der Waals surface area contributed by atoms with Gasteiger partial charge in [-0.15, -0.1) is 0 Å². The standard InChI is InChI=1S/C6H5F7O/c1-2-14-6(12,13)3(4(7)8)5(9,10)11/h2H2,1H3. The summed E-state index contributed by atoms with van der Waals surface area (Å²) in [5, 5.41) is 0. The van der Waals surface area contributed by atoms with Gasteiger partial charge in [-0.1, -0.05) is 0 Å². The molecule has 0 N–H and O–H groups in total. The van der Waals surface area contributed by atoms with Gasteiger partial charge in [0.1, 0.15) is 0 Å². The second-order valence-corrected chi connectivity index (χ2v) is 2.08. The van der Waals surface area contributed by atoms with E-state index < -0.39 is 30.5 Å². The van der Waals surface area contributed by atoms with E-state index in [1.165, 1.54) is 0 Å². The topological polar surface area (TPSA) is 9.23 Å². The maximum atomic E-state index is 12.4. The van der Waals surface area contributed by atoms with E-state index in [2.05, 4.69) is 4.74 Å². The van der Waals surface area contributed by atoms with Gasteiger partial charge in [-0.2, -0.15) is 30.7 Å². The molecule has 1 nitrogen and oxygen atoms in total. The molecule has 0 fully saturated rings. The van der Waals surface area contributed by atoms with E-state index >= 15 is 0 Å². The van der Waals surface area contributed by atoms with Crippen LogP contribution in [0.5, 0.6) is 0 Å². The first-order valence-electron chi connectivity index (χ1n) is 3.27. The fraction of sp³-hybridized carbons (Fsp3) is 0.667. The number of hydrogen-bond donors (Lipinski definition) is 0. The number of rotatable bonds is 3. The van der Waals surface area contributed by atoms with E-state index in [1.54, 1.807) is 0 Å². The van der Waals surface area contributed by atoms with Crippen molar-refractivity contribution < 1.29 is 35.5 Å². The maximum absolute atomic E-state index is 12.4. The molecule has 14 heavy (non-hydrogen) atoms. The lowest BCUT2D eigenvalue weighted by Crippen LogP contribution is -2.33. The summed E-state index contributed by atoms with van der Waals surface area (Å²) in [5.41, 5.74) is -3.26. The highest BCUT2D eigenvalue weighted by molar-refractivity contribution is 5.16. The Morgan fingerprint density at radius 2 is 1.50 bits per heavy atom. The van der Waals surface area contributed by atoms with E-state index in [0.29, 0.717) is 0 Å². The van der Waals surface area contributed by atoms with Crippen LogP contribution in [-0.2, 0) is 4.74 Å². The van der Waals surface area contributed by atoms with Gasteiger partial charge in [-0.3, -0.25) is 0 Å². The molecule has 0 saturated carbocycles. The van der Waals surface area contributed by atoms with Gasteiger partial charge < -0.3 is 4.74 Å². The normalized spacial score (nSPS) is 12.9. The second kappa shape index (κ2) is 4.16. The Kier molecular flexibility index (Phi) is 3.92. The zero-order chi connectivity index (χ0) is 11.6. The molecule has 0 aromatic carbocycles. The highest BCUT2D eigenvalue weighted by Crippen LogP contribution is 2.41. The molecule has 0 aliphatic heterocycles. The monoisotopic (exact) mass is 226 g/mol. The Hall–Kier alpha value is -0.790. The zero-order valence-electron chi connectivity index (χ0n) is 6.76. The number of hydrogen-bond acceptors (Lipinski definition) is 1. The van der Waals surface area contributed by atoms with E-state index in [1.807, 2.05) is 0 Å². The van der Waals surface area contributed by atoms with Crippen molar-refractivity contribution >= 4 is 0 Å². The Balaban J connectivity index is 5.16. The molecule has 0 aromatic heterocycles. The average molecular weight is 226 g/mol. The van der Waals surface area contributed by atoms with Crippen molar-refractivity contribution in [2.24, 2.45) is 0 Å². The smallest absolute Gasteiger partial charge is 0.317 e. The second-order valence-electron chi connectivity index (χ2n) is 2.08. The summed E-state index contributed by atoms with van der Waals surface area (Å²) in [4.78, 5) is 0. The Bertz CT molecular complexity index is 225. The average Bonchev–Trinajstić information content (AvgIpc) is 1.78. The molecule has 0 radical (unpaired) electrons. The van der Waals surface area contributed by atoms with Crippen LogP contribution in [0.15, 0.2) is 11.7 Å². The van der Waals surface area contributed by atoms with Crippen LogP contribution in [0.25, 0.3) is 0 Å². The zero-order valence-corrected chi connectivity index (χ0v) is 6.76. The summed E-state index contributed by atoms with van der Waals surface area (Å²) < 4.78 is 86.3. The summed E-state index contributed by atoms with van der Waals surface area (Å²) >= 11 is 0. The number of alkyl halides is 5. The number of halogens is 7. The lowest BCUT2D eigenvalue weighted by Gasteiger charge is -2.19. The van der Waals surface area contributed by atoms with Crippen LogP contribution < -0.4 is 0 Å². The maximum Gasteiger partial charge on any atom is 0.426 e. The molecule has 0 atom stereocenters. The van der Waals surface area contributed by atoms with Crippen molar-refractivity contribution in [3.63, 3.8) is 0 Å². The minimum atomic E-state index is -5.82. The van der Waals surface area contributed by atoms with Crippen LogP contribution in [0, 0.1) is 0 Å². The van der Waals surface area contributed by atoms with Crippen molar-refractivity contribution in [2.45, 2.75) is 19.2 Å². The van der Waals surface area contributed by atoms with Crippen molar-refractivity contribution in [3.8, 4) is 0 Å². The van der Waals surface area contributed by atoms with Gasteiger partial charge in [-0.25, -0.2) is 0 Å². The van der Waals surface area contributed by atoms with Crippen molar-refractivity contribution in [2.75, 3.05) is 6.61 Å². The lowest BCUT2D eigenvalue weighted by molar-refractivity contribution is -0.244. The third-order valence-corrected chi connectivity index (χ3v) is 1.09. The van der Waals surface area contributed by atoms with Crippen LogP contribution in [-0.4, -0.2) is 18.9 Å². The van der Waals surface area contributed by atoms with Crippen LogP contribution in [0.3, 0.4) is 0 Å². The highest BCUT2D eigenvalue weighted by atomic mass is 19.4. The Morgan fingerprint density at radius 1 is 1.07 bits per heavy atom. The molecule has 0 aliphatic carbocycles.